The van der Waals surface area contributed by atoms with Crippen LogP contribution in [0, 0.1) is 22.7 Å². The van der Waals surface area contributed by atoms with Gasteiger partial charge in [0.2, 0.25) is 0 Å². The molecule has 0 saturated carbocycles. The Hall–Kier alpha value is 0. The maximum absolute atomic E-state index is 2.43. The van der Waals surface area contributed by atoms with E-state index in [1.165, 1.54) is 19.3 Å². The van der Waals surface area contributed by atoms with Gasteiger partial charge in [-0.15, -0.1) is 0 Å². The molecule has 0 aromatic heterocycles. The fraction of sp³-hybridized carbons (Fsp3) is 1.00. The maximum atomic E-state index is 2.43. The van der Waals surface area contributed by atoms with Crippen LogP contribution in [0.4, 0.5) is 0 Å². The van der Waals surface area contributed by atoms with Gasteiger partial charge >= 0.3 is 0 Å². The molecule has 0 aliphatic carbocycles. The summed E-state index contributed by atoms with van der Waals surface area (Å²) in [4.78, 5) is 0. The lowest BCUT2D eigenvalue weighted by Gasteiger charge is -2.35. The van der Waals surface area contributed by atoms with Crippen LogP contribution in [0.1, 0.15) is 74.7 Å². The second-order valence-electron chi connectivity index (χ2n) is 7.59. The predicted molar refractivity (Wildman–Crippen MR) is 71.1 cm³/mol. The predicted octanol–water partition coefficient (Wildman–Crippen LogP) is 5.52. The zero-order valence-corrected chi connectivity index (χ0v) is 12.3. The molecule has 0 amide bonds. The van der Waals surface area contributed by atoms with Gasteiger partial charge in [-0.3, -0.25) is 0 Å². The van der Waals surface area contributed by atoms with Gasteiger partial charge in [0, 0.05) is 0 Å². The van der Waals surface area contributed by atoms with E-state index >= 15 is 0 Å². The van der Waals surface area contributed by atoms with Crippen LogP contribution >= 0.6 is 0 Å². The minimum absolute atomic E-state index is 0.488. The van der Waals surface area contributed by atoms with Crippen LogP contribution in [0.25, 0.3) is 0 Å². The van der Waals surface area contributed by atoms with E-state index in [0.29, 0.717) is 10.8 Å². The van der Waals surface area contributed by atoms with Gasteiger partial charge in [0.05, 0.1) is 0 Å². The molecule has 0 rings (SSSR count). The van der Waals surface area contributed by atoms with Gasteiger partial charge in [-0.1, -0.05) is 55.4 Å². The number of rotatable bonds is 5. The molecule has 0 fully saturated rings. The first kappa shape index (κ1) is 15.0. The Bertz CT molecular complexity index is 169. The first-order valence-corrected chi connectivity index (χ1v) is 6.54. The van der Waals surface area contributed by atoms with Crippen LogP contribution in [0.15, 0.2) is 0 Å². The minimum atomic E-state index is 0.488. The van der Waals surface area contributed by atoms with Crippen molar-refractivity contribution in [2.45, 2.75) is 74.7 Å². The average molecular weight is 212 g/mol. The van der Waals surface area contributed by atoms with Crippen molar-refractivity contribution in [3.05, 3.63) is 0 Å². The highest BCUT2D eigenvalue weighted by Gasteiger charge is 2.27. The Kier molecular flexibility index (Phi) is 5.37. The molecule has 92 valence electrons. The van der Waals surface area contributed by atoms with Crippen molar-refractivity contribution in [2.24, 2.45) is 22.7 Å². The molecule has 0 N–H and O–H groups in total. The Labute approximate surface area is 97.8 Å². The molecular formula is C15H32. The van der Waals surface area contributed by atoms with E-state index in [0.717, 1.165) is 11.8 Å². The topological polar surface area (TPSA) is 0 Å². The third-order valence-electron chi connectivity index (χ3n) is 3.60. The van der Waals surface area contributed by atoms with Gasteiger partial charge in [-0.25, -0.2) is 0 Å². The molecule has 0 aromatic carbocycles. The molecule has 0 saturated heterocycles. The Morgan fingerprint density at radius 2 is 1.33 bits per heavy atom. The monoisotopic (exact) mass is 212 g/mol. The maximum Gasteiger partial charge on any atom is -0.0326 e. The van der Waals surface area contributed by atoms with Gasteiger partial charge in [-0.2, -0.15) is 0 Å². The second kappa shape index (κ2) is 5.37. The summed E-state index contributed by atoms with van der Waals surface area (Å²) in [6.07, 6.45) is 4.05. The summed E-state index contributed by atoms with van der Waals surface area (Å²) in [7, 11) is 0. The molecule has 0 radical (unpaired) electrons. The molecule has 0 aliphatic rings. The lowest BCUT2D eigenvalue weighted by Crippen LogP contribution is -2.24. The summed E-state index contributed by atoms with van der Waals surface area (Å²) in [6, 6.07) is 0. The lowest BCUT2D eigenvalue weighted by molar-refractivity contribution is 0.158. The molecule has 0 nitrogen and oxygen atoms in total. The van der Waals surface area contributed by atoms with Gasteiger partial charge in [0.25, 0.3) is 0 Å². The Morgan fingerprint density at radius 1 is 0.867 bits per heavy atom. The molecule has 0 aromatic rings. The van der Waals surface area contributed by atoms with Crippen molar-refractivity contribution < 1.29 is 0 Å². The molecule has 0 bridgehead atoms. The first-order valence-electron chi connectivity index (χ1n) is 6.54. The highest BCUT2D eigenvalue weighted by atomic mass is 14.3. The van der Waals surface area contributed by atoms with Crippen molar-refractivity contribution in [1.82, 2.24) is 0 Å². The largest absolute Gasteiger partial charge is 0.0628 e. The highest BCUT2D eigenvalue weighted by Crippen LogP contribution is 2.38. The Balaban J connectivity index is 4.13. The zero-order valence-electron chi connectivity index (χ0n) is 12.3. The van der Waals surface area contributed by atoms with Crippen LogP contribution in [-0.2, 0) is 0 Å². The quantitative estimate of drug-likeness (QED) is 0.563. The second-order valence-corrected chi connectivity index (χ2v) is 7.59. The smallest absolute Gasteiger partial charge is 0.0326 e. The van der Waals surface area contributed by atoms with Gasteiger partial charge in [-0.05, 0) is 41.9 Å². The zero-order chi connectivity index (χ0) is 12.3. The summed E-state index contributed by atoms with van der Waals surface area (Å²) >= 11 is 0. The first-order chi connectivity index (χ1) is 6.54. The summed E-state index contributed by atoms with van der Waals surface area (Å²) in [5.74, 6) is 1.65. The normalized spacial score (nSPS) is 15.8. The van der Waals surface area contributed by atoms with Gasteiger partial charge in [0.15, 0.2) is 0 Å². The fourth-order valence-electron chi connectivity index (χ4n) is 2.29. The molecular weight excluding hydrogens is 180 g/mol. The highest BCUT2D eigenvalue weighted by molar-refractivity contribution is 4.78. The molecule has 0 heterocycles. The molecule has 0 aliphatic heterocycles. The number of hydrogen-bond donors (Lipinski definition) is 0. The van der Waals surface area contributed by atoms with Crippen LogP contribution in [-0.4, -0.2) is 0 Å². The average Bonchev–Trinajstić information content (AvgIpc) is 1.95. The van der Waals surface area contributed by atoms with Crippen LogP contribution in [0.5, 0.6) is 0 Å². The SMILES string of the molecule is CC(C)CC(C)(C)C(C)CCC(C)(C)C. The lowest BCUT2D eigenvalue weighted by atomic mass is 9.71. The van der Waals surface area contributed by atoms with E-state index in [2.05, 4.69) is 55.4 Å². The van der Waals surface area contributed by atoms with E-state index in [4.69, 9.17) is 0 Å². The van der Waals surface area contributed by atoms with Crippen molar-refractivity contribution in [1.29, 1.82) is 0 Å². The van der Waals surface area contributed by atoms with Crippen LogP contribution in [0.3, 0.4) is 0 Å². The summed E-state index contributed by atoms with van der Waals surface area (Å²) in [5.41, 5.74) is 0.988. The molecule has 0 spiro atoms. The van der Waals surface area contributed by atoms with E-state index in [1.807, 2.05) is 0 Å². The van der Waals surface area contributed by atoms with E-state index in [-0.39, 0.29) is 0 Å². The third kappa shape index (κ3) is 6.98. The van der Waals surface area contributed by atoms with Crippen LogP contribution in [0.2, 0.25) is 0 Å². The van der Waals surface area contributed by atoms with Crippen molar-refractivity contribution >= 4 is 0 Å². The molecule has 15 heavy (non-hydrogen) atoms. The van der Waals surface area contributed by atoms with E-state index in [9.17, 15) is 0 Å². The van der Waals surface area contributed by atoms with Gasteiger partial charge in [0.1, 0.15) is 0 Å². The third-order valence-corrected chi connectivity index (χ3v) is 3.60. The van der Waals surface area contributed by atoms with Crippen LogP contribution < -0.4 is 0 Å². The molecule has 0 heteroatoms. The summed E-state index contributed by atoms with van der Waals surface area (Å²) in [6.45, 7) is 19.0. The summed E-state index contributed by atoms with van der Waals surface area (Å²) in [5, 5.41) is 0. The fourth-order valence-corrected chi connectivity index (χ4v) is 2.29. The van der Waals surface area contributed by atoms with Crippen molar-refractivity contribution in [2.75, 3.05) is 0 Å². The minimum Gasteiger partial charge on any atom is -0.0628 e. The van der Waals surface area contributed by atoms with Crippen molar-refractivity contribution in [3.8, 4) is 0 Å². The molecule has 1 unspecified atom stereocenters. The molecule has 1 atom stereocenters. The van der Waals surface area contributed by atoms with Gasteiger partial charge < -0.3 is 0 Å². The standard InChI is InChI=1S/C15H32/c1-12(2)11-15(7,8)13(3)9-10-14(4,5)6/h12-13H,9-11H2,1-8H3. The Morgan fingerprint density at radius 3 is 1.67 bits per heavy atom. The van der Waals surface area contributed by atoms with E-state index in [1.54, 1.807) is 0 Å². The van der Waals surface area contributed by atoms with Crippen molar-refractivity contribution in [3.63, 3.8) is 0 Å². The number of hydrogen-bond acceptors (Lipinski definition) is 0. The summed E-state index contributed by atoms with van der Waals surface area (Å²) < 4.78 is 0. The van der Waals surface area contributed by atoms with E-state index < -0.39 is 0 Å².